The van der Waals surface area contributed by atoms with E-state index >= 15 is 0 Å². The van der Waals surface area contributed by atoms with Gasteiger partial charge in [-0.3, -0.25) is 9.36 Å². The second kappa shape index (κ2) is 4.78. The van der Waals surface area contributed by atoms with Crippen molar-refractivity contribution in [1.29, 1.82) is 5.26 Å². The van der Waals surface area contributed by atoms with Crippen LogP contribution in [0.25, 0.3) is 10.9 Å². The number of nitriles is 1. The molecule has 2 rings (SSSR count). The van der Waals surface area contributed by atoms with Crippen LogP contribution in [-0.2, 0) is 12.8 Å². The molecule has 0 atom stereocenters. The predicted molar refractivity (Wildman–Crippen MR) is 68.9 cm³/mol. The molecule has 0 fully saturated rings. The zero-order valence-corrected chi connectivity index (χ0v) is 10.5. The lowest BCUT2D eigenvalue weighted by Gasteiger charge is -2.07. The molecule has 1 aromatic carbocycles. The highest BCUT2D eigenvalue weighted by atomic mass is 35.5. The zero-order chi connectivity index (χ0) is 12.4. The van der Waals surface area contributed by atoms with Crippen LogP contribution in [-0.4, -0.2) is 9.55 Å². The summed E-state index contributed by atoms with van der Waals surface area (Å²) in [6, 6.07) is 5.00. The summed E-state index contributed by atoms with van der Waals surface area (Å²) in [7, 11) is 1.64. The van der Waals surface area contributed by atoms with E-state index in [-0.39, 0.29) is 5.56 Å². The number of halogens is 1. The van der Waals surface area contributed by atoms with Crippen molar-refractivity contribution in [3.8, 4) is 5.40 Å². The third-order valence-electron chi connectivity index (χ3n) is 2.40. The van der Waals surface area contributed by atoms with E-state index in [0.29, 0.717) is 27.5 Å². The first-order chi connectivity index (χ1) is 8.13. The predicted octanol–water partition coefficient (Wildman–Crippen LogP) is 2.30. The van der Waals surface area contributed by atoms with Crippen LogP contribution in [0.15, 0.2) is 23.0 Å². The fourth-order valence-corrected chi connectivity index (χ4v) is 2.14. The van der Waals surface area contributed by atoms with Crippen LogP contribution in [0.2, 0.25) is 5.02 Å². The maximum absolute atomic E-state index is 12.0. The molecule has 86 valence electrons. The van der Waals surface area contributed by atoms with Gasteiger partial charge in [-0.2, -0.15) is 5.26 Å². The van der Waals surface area contributed by atoms with Gasteiger partial charge < -0.3 is 0 Å². The number of nitrogens with zero attached hydrogens (tertiary/aromatic N) is 3. The van der Waals surface area contributed by atoms with Gasteiger partial charge in [0.15, 0.2) is 0 Å². The molecule has 0 amide bonds. The first-order valence-corrected chi connectivity index (χ1v) is 6.16. The van der Waals surface area contributed by atoms with Gasteiger partial charge in [0.05, 0.1) is 16.7 Å². The molecule has 0 radical (unpaired) electrons. The van der Waals surface area contributed by atoms with Crippen LogP contribution in [0.3, 0.4) is 0 Å². The lowest BCUT2D eigenvalue weighted by Crippen LogP contribution is -2.21. The van der Waals surface area contributed by atoms with Crippen molar-refractivity contribution in [2.24, 2.45) is 7.05 Å². The van der Waals surface area contributed by atoms with E-state index in [9.17, 15) is 4.79 Å². The summed E-state index contributed by atoms with van der Waals surface area (Å²) in [4.78, 5) is 16.4. The third kappa shape index (κ3) is 2.28. The number of benzene rings is 1. The lowest BCUT2D eigenvalue weighted by molar-refractivity contribution is 0.786. The number of rotatable bonds is 2. The summed E-state index contributed by atoms with van der Waals surface area (Å²) < 4.78 is 1.45. The number of hydrogen-bond donors (Lipinski definition) is 0. The van der Waals surface area contributed by atoms with Gasteiger partial charge in [-0.05, 0) is 30.0 Å². The maximum atomic E-state index is 12.0. The Morgan fingerprint density at radius 3 is 3.06 bits per heavy atom. The molecule has 0 spiro atoms. The van der Waals surface area contributed by atoms with E-state index in [1.807, 2.05) is 5.40 Å². The zero-order valence-electron chi connectivity index (χ0n) is 8.98. The van der Waals surface area contributed by atoms with Gasteiger partial charge >= 0.3 is 0 Å². The van der Waals surface area contributed by atoms with Crippen molar-refractivity contribution >= 4 is 34.3 Å². The summed E-state index contributed by atoms with van der Waals surface area (Å²) in [6.45, 7) is 0. The minimum absolute atomic E-state index is 0.147. The standard InChI is InChI=1S/C11H8ClN3OS/c1-15-10(5-17-6-13)14-9-3-2-7(12)4-8(9)11(15)16/h2-4H,5H2,1H3. The molecule has 6 heteroatoms. The number of hydrogen-bond acceptors (Lipinski definition) is 4. The summed E-state index contributed by atoms with van der Waals surface area (Å²) in [5.41, 5.74) is 0.456. The van der Waals surface area contributed by atoms with Crippen molar-refractivity contribution in [2.45, 2.75) is 5.75 Å². The van der Waals surface area contributed by atoms with Gasteiger partial charge in [-0.15, -0.1) is 0 Å². The second-order valence-electron chi connectivity index (χ2n) is 3.43. The molecular weight excluding hydrogens is 258 g/mol. The minimum atomic E-state index is -0.147. The summed E-state index contributed by atoms with van der Waals surface area (Å²) in [5.74, 6) is 0.970. The van der Waals surface area contributed by atoms with E-state index in [0.717, 1.165) is 11.8 Å². The van der Waals surface area contributed by atoms with Gasteiger partial charge in [-0.25, -0.2) is 4.98 Å². The lowest BCUT2D eigenvalue weighted by atomic mass is 10.2. The first-order valence-electron chi connectivity index (χ1n) is 4.79. The number of thioether (sulfide) groups is 1. The fourth-order valence-electron chi connectivity index (χ4n) is 1.51. The molecule has 2 aromatic rings. The Labute approximate surface area is 107 Å². The molecule has 1 aromatic heterocycles. The fraction of sp³-hybridized carbons (Fsp3) is 0.182. The largest absolute Gasteiger partial charge is 0.299 e. The molecule has 17 heavy (non-hydrogen) atoms. The molecule has 0 N–H and O–H groups in total. The summed E-state index contributed by atoms with van der Waals surface area (Å²) in [6.07, 6.45) is 0. The molecule has 0 unspecified atom stereocenters. The SMILES string of the molecule is Cn1c(CSC#N)nc2ccc(Cl)cc2c1=O. The van der Waals surface area contributed by atoms with Crippen molar-refractivity contribution in [3.63, 3.8) is 0 Å². The average molecular weight is 266 g/mol. The van der Waals surface area contributed by atoms with Gasteiger partial charge in [0, 0.05) is 12.1 Å². The number of fused-ring (bicyclic) bond motifs is 1. The molecule has 0 aliphatic carbocycles. The number of thiocyanates is 1. The minimum Gasteiger partial charge on any atom is -0.299 e. The monoisotopic (exact) mass is 265 g/mol. The van der Waals surface area contributed by atoms with Crippen LogP contribution < -0.4 is 5.56 Å². The Hall–Kier alpha value is -1.51. The van der Waals surface area contributed by atoms with Crippen molar-refractivity contribution < 1.29 is 0 Å². The van der Waals surface area contributed by atoms with Crippen LogP contribution in [0.1, 0.15) is 5.82 Å². The highest BCUT2D eigenvalue weighted by Gasteiger charge is 2.08. The summed E-state index contributed by atoms with van der Waals surface area (Å²) >= 11 is 6.90. The molecule has 0 aliphatic rings. The van der Waals surface area contributed by atoms with E-state index in [1.165, 1.54) is 4.57 Å². The van der Waals surface area contributed by atoms with E-state index in [4.69, 9.17) is 16.9 Å². The molecule has 0 bridgehead atoms. The quantitative estimate of drug-likeness (QED) is 0.782. The van der Waals surface area contributed by atoms with Gasteiger partial charge in [0.2, 0.25) is 0 Å². The van der Waals surface area contributed by atoms with Crippen LogP contribution >= 0.6 is 23.4 Å². The van der Waals surface area contributed by atoms with Crippen molar-refractivity contribution in [3.05, 3.63) is 39.4 Å². The average Bonchev–Trinajstić information content (AvgIpc) is 2.33. The Morgan fingerprint density at radius 1 is 1.59 bits per heavy atom. The number of aromatic nitrogens is 2. The topological polar surface area (TPSA) is 58.7 Å². The van der Waals surface area contributed by atoms with Gasteiger partial charge in [0.25, 0.3) is 5.56 Å². The van der Waals surface area contributed by atoms with Crippen LogP contribution in [0.5, 0.6) is 0 Å². The van der Waals surface area contributed by atoms with Crippen molar-refractivity contribution in [2.75, 3.05) is 0 Å². The van der Waals surface area contributed by atoms with Crippen LogP contribution in [0.4, 0.5) is 0 Å². The smallest absolute Gasteiger partial charge is 0.261 e. The van der Waals surface area contributed by atoms with Gasteiger partial charge in [0.1, 0.15) is 11.2 Å². The first kappa shape index (κ1) is 12.0. The highest BCUT2D eigenvalue weighted by molar-refractivity contribution is 8.02. The Morgan fingerprint density at radius 2 is 2.35 bits per heavy atom. The molecular formula is C11H8ClN3OS. The highest BCUT2D eigenvalue weighted by Crippen LogP contribution is 2.16. The molecule has 0 saturated heterocycles. The Balaban J connectivity index is 2.67. The molecule has 1 heterocycles. The van der Waals surface area contributed by atoms with E-state index in [2.05, 4.69) is 4.98 Å². The molecule has 4 nitrogen and oxygen atoms in total. The van der Waals surface area contributed by atoms with E-state index < -0.39 is 0 Å². The normalized spacial score (nSPS) is 10.4. The maximum Gasteiger partial charge on any atom is 0.261 e. The Bertz CT molecular complexity index is 675. The van der Waals surface area contributed by atoms with Crippen molar-refractivity contribution in [1.82, 2.24) is 9.55 Å². The van der Waals surface area contributed by atoms with E-state index in [1.54, 1.807) is 25.2 Å². The van der Waals surface area contributed by atoms with Crippen LogP contribution in [0, 0.1) is 10.7 Å². The third-order valence-corrected chi connectivity index (χ3v) is 3.16. The second-order valence-corrected chi connectivity index (χ2v) is 4.63. The van der Waals surface area contributed by atoms with Gasteiger partial charge in [-0.1, -0.05) is 11.6 Å². The molecule has 0 saturated carbocycles. The summed E-state index contributed by atoms with van der Waals surface area (Å²) in [5, 5.41) is 11.5. The Kier molecular flexibility index (Phi) is 3.36. The molecule has 0 aliphatic heterocycles.